The predicted molar refractivity (Wildman–Crippen MR) is 313 cm³/mol. The van der Waals surface area contributed by atoms with Gasteiger partial charge in [-0.05, 0) is 147 Å². The van der Waals surface area contributed by atoms with Gasteiger partial charge in [-0.1, -0.05) is 70.7 Å². The zero-order chi connectivity index (χ0) is 57.1. The first-order chi connectivity index (χ1) is 38.2. The summed E-state index contributed by atoms with van der Waals surface area (Å²) in [5.74, 6) is -0.515. The SMILES string of the molecule is CN1Cc2c(Cl)cc(Cl)cc2[C@H](c2cccc(S(=O)(=O)N3CCC(NC(=O)CCCNC(=O)NCCCCNC(=O)NCCCC(=O)NC4CCN(S(=O)(=O)c5cccc([C@@H]6CN(C)Cc7c(Cl)cc(Cl)cc76)c5)CC4)CC3)c2)C1. The Kier molecular flexibility index (Phi) is 21.5. The van der Waals surface area contributed by atoms with E-state index in [-0.39, 0.29) is 96.6 Å². The van der Waals surface area contributed by atoms with Crippen molar-refractivity contribution in [1.29, 1.82) is 0 Å². The highest BCUT2D eigenvalue weighted by atomic mass is 35.5. The molecule has 0 radical (unpaired) electrons. The lowest BCUT2D eigenvalue weighted by molar-refractivity contribution is -0.123. The van der Waals surface area contributed by atoms with Gasteiger partial charge in [0.1, 0.15) is 0 Å². The van der Waals surface area contributed by atoms with Crippen LogP contribution in [-0.2, 0) is 42.7 Å². The van der Waals surface area contributed by atoms with E-state index < -0.39 is 20.0 Å². The topological polar surface area (TPSA) is 222 Å². The Hall–Kier alpha value is -4.74. The highest BCUT2D eigenvalue weighted by Gasteiger charge is 2.35. The van der Waals surface area contributed by atoms with E-state index in [2.05, 4.69) is 41.7 Å². The average molecular weight is 1220 g/mol. The molecule has 6 amide bonds. The molecule has 434 valence electrons. The maximum Gasteiger partial charge on any atom is 0.314 e. The Labute approximate surface area is 490 Å². The van der Waals surface area contributed by atoms with Crippen molar-refractivity contribution in [2.24, 2.45) is 0 Å². The first-order valence-electron chi connectivity index (χ1n) is 27.4. The molecule has 0 bridgehead atoms. The maximum absolute atomic E-state index is 13.8. The molecule has 2 saturated heterocycles. The summed E-state index contributed by atoms with van der Waals surface area (Å²) in [7, 11) is -3.55. The standard InChI is InChI=1S/C56H72Cl4N10O8S2/c1-67-33-47(45-29-39(57)31-51(59)49(45)35-67)37-9-5-11-43(27-37)79(75,76)69-23-15-41(16-24-69)65-53(71)13-7-21-63-55(73)61-19-3-4-20-62-56(74)64-22-8-14-54(72)66-42-17-25-70(26-18-42)80(77,78)44-12-6-10-38(28-44)48-34-68(2)36-50-46(48)30-40(58)32-52(50)60/h5-6,9-12,27-32,41-42,47-48H,3-4,7-8,13-26,33-36H2,1-2H3,(H,65,71)(H,66,72)(H2,61,63,73)(H2,62,64,74)/t47-,48-/m0/s1. The number of hydrogen-bond acceptors (Lipinski definition) is 10. The summed E-state index contributed by atoms with van der Waals surface area (Å²) in [6.07, 6.45) is 4.45. The largest absolute Gasteiger partial charge is 0.353 e. The third-order valence-corrected chi connectivity index (χ3v) is 20.2. The summed E-state index contributed by atoms with van der Waals surface area (Å²) in [6.45, 7) is 5.22. The number of urea groups is 2. The zero-order valence-corrected chi connectivity index (χ0v) is 49.8. The van der Waals surface area contributed by atoms with Crippen LogP contribution in [0.5, 0.6) is 0 Å². The van der Waals surface area contributed by atoms with E-state index in [0.717, 1.165) is 33.4 Å². The Morgan fingerprint density at radius 1 is 0.512 bits per heavy atom. The Bertz CT molecular complexity index is 2900. The zero-order valence-electron chi connectivity index (χ0n) is 45.2. The second kappa shape index (κ2) is 28.0. The molecule has 0 spiro atoms. The average Bonchev–Trinajstić information content (AvgIpc) is 3.54. The molecular weight excluding hydrogens is 1150 g/mol. The van der Waals surface area contributed by atoms with Gasteiger partial charge in [0.15, 0.2) is 0 Å². The van der Waals surface area contributed by atoms with Gasteiger partial charge in [-0.3, -0.25) is 9.59 Å². The number of hydrogen-bond donors (Lipinski definition) is 6. The molecule has 18 nitrogen and oxygen atoms in total. The van der Waals surface area contributed by atoms with E-state index >= 15 is 0 Å². The highest BCUT2D eigenvalue weighted by Crippen LogP contribution is 2.41. The number of amides is 6. The van der Waals surface area contributed by atoms with Crippen LogP contribution < -0.4 is 31.9 Å². The van der Waals surface area contributed by atoms with E-state index in [9.17, 15) is 36.0 Å². The van der Waals surface area contributed by atoms with Crippen molar-refractivity contribution in [3.63, 3.8) is 0 Å². The van der Waals surface area contributed by atoms with E-state index in [1.165, 1.54) is 8.61 Å². The second-order valence-electron chi connectivity index (χ2n) is 21.3. The molecule has 4 heterocycles. The molecule has 6 N–H and O–H groups in total. The van der Waals surface area contributed by atoms with Crippen LogP contribution in [0, 0.1) is 0 Å². The van der Waals surface area contributed by atoms with Gasteiger partial charge in [-0.2, -0.15) is 8.61 Å². The fraction of sp³-hybridized carbons (Fsp3) is 0.500. The van der Waals surface area contributed by atoms with Gasteiger partial charge in [0.2, 0.25) is 31.9 Å². The number of nitrogens with zero attached hydrogens (tertiary/aromatic N) is 4. The summed E-state index contributed by atoms with van der Waals surface area (Å²) >= 11 is 25.9. The Morgan fingerprint density at radius 2 is 0.875 bits per heavy atom. The van der Waals surface area contributed by atoms with Gasteiger partial charge >= 0.3 is 12.1 Å². The maximum atomic E-state index is 13.8. The molecule has 4 aromatic rings. The highest BCUT2D eigenvalue weighted by molar-refractivity contribution is 7.89. The van der Waals surface area contributed by atoms with Crippen LogP contribution in [0.15, 0.2) is 82.6 Å². The van der Waals surface area contributed by atoms with Crippen molar-refractivity contribution >= 4 is 90.3 Å². The van der Waals surface area contributed by atoms with E-state index in [4.69, 9.17) is 46.4 Å². The van der Waals surface area contributed by atoms with E-state index in [0.29, 0.717) is 124 Å². The molecule has 0 aliphatic carbocycles. The summed E-state index contributed by atoms with van der Waals surface area (Å²) < 4.78 is 58.3. The van der Waals surface area contributed by atoms with Crippen molar-refractivity contribution < 1.29 is 36.0 Å². The summed E-state index contributed by atoms with van der Waals surface area (Å²) in [5.41, 5.74) is 5.72. The number of likely N-dealkylation sites (N-methyl/N-ethyl adjacent to an activating group) is 2. The minimum atomic E-state index is -3.78. The molecule has 80 heavy (non-hydrogen) atoms. The Balaban J connectivity index is 0.628. The van der Waals surface area contributed by atoms with E-state index in [1.807, 2.05) is 38.4 Å². The van der Waals surface area contributed by atoms with Crippen LogP contribution in [-0.4, -0.2) is 151 Å². The number of rotatable bonds is 21. The van der Waals surface area contributed by atoms with Gasteiger partial charge in [0.05, 0.1) is 9.79 Å². The number of piperidine rings is 2. The van der Waals surface area contributed by atoms with Crippen molar-refractivity contribution in [3.05, 3.63) is 126 Å². The molecule has 4 aliphatic rings. The van der Waals surface area contributed by atoms with Gasteiger partial charge in [0, 0.05) is 135 Å². The van der Waals surface area contributed by atoms with Crippen LogP contribution in [0.2, 0.25) is 20.1 Å². The first-order valence-corrected chi connectivity index (χ1v) is 31.8. The van der Waals surface area contributed by atoms with Gasteiger partial charge in [0.25, 0.3) is 0 Å². The molecule has 2 atom stereocenters. The number of sulfonamides is 2. The fourth-order valence-electron chi connectivity index (χ4n) is 11.1. The van der Waals surface area contributed by atoms with Crippen molar-refractivity contribution in [1.82, 2.24) is 50.3 Å². The van der Waals surface area contributed by atoms with Gasteiger partial charge in [-0.25, -0.2) is 26.4 Å². The summed E-state index contributed by atoms with van der Waals surface area (Å²) in [4.78, 5) is 54.9. The number of fused-ring (bicyclic) bond motifs is 2. The minimum Gasteiger partial charge on any atom is -0.353 e. The summed E-state index contributed by atoms with van der Waals surface area (Å²) in [6, 6.07) is 20.4. The van der Waals surface area contributed by atoms with Gasteiger partial charge in [-0.15, -0.1) is 0 Å². The van der Waals surface area contributed by atoms with Crippen LogP contribution in [0.1, 0.15) is 109 Å². The van der Waals surface area contributed by atoms with Crippen molar-refractivity contribution in [2.45, 2.75) is 111 Å². The number of nitrogens with one attached hydrogen (secondary N) is 6. The molecule has 2 fully saturated rings. The molecular formula is C56H72Cl4N10O8S2. The Morgan fingerprint density at radius 3 is 1.25 bits per heavy atom. The lowest BCUT2D eigenvalue weighted by Crippen LogP contribution is -2.46. The number of unbranched alkanes of at least 4 members (excludes halogenated alkanes) is 1. The smallest absolute Gasteiger partial charge is 0.314 e. The first kappa shape index (κ1) is 61.3. The molecule has 0 unspecified atom stereocenters. The lowest BCUT2D eigenvalue weighted by atomic mass is 9.85. The molecule has 24 heteroatoms. The molecule has 8 rings (SSSR count). The lowest BCUT2D eigenvalue weighted by Gasteiger charge is -2.34. The monoisotopic (exact) mass is 1220 g/mol. The number of benzene rings is 4. The summed E-state index contributed by atoms with van der Waals surface area (Å²) in [5, 5.41) is 19.4. The molecule has 0 saturated carbocycles. The molecule has 0 aromatic heterocycles. The number of halogens is 4. The van der Waals surface area contributed by atoms with Crippen LogP contribution in [0.25, 0.3) is 0 Å². The minimum absolute atomic E-state index is 0.100. The van der Waals surface area contributed by atoms with E-state index in [1.54, 1.807) is 48.5 Å². The van der Waals surface area contributed by atoms with Gasteiger partial charge < -0.3 is 41.7 Å². The van der Waals surface area contributed by atoms with Crippen LogP contribution in [0.4, 0.5) is 9.59 Å². The molecule has 4 aromatic carbocycles. The predicted octanol–water partition coefficient (Wildman–Crippen LogP) is 7.63. The second-order valence-corrected chi connectivity index (χ2v) is 26.9. The fourth-order valence-corrected chi connectivity index (χ4v) is 15.3. The third-order valence-electron chi connectivity index (χ3n) is 15.3. The van der Waals surface area contributed by atoms with Crippen LogP contribution in [0.3, 0.4) is 0 Å². The van der Waals surface area contributed by atoms with Crippen molar-refractivity contribution in [3.8, 4) is 0 Å². The normalized spacial score (nSPS) is 18.9. The number of carbonyl (C=O) groups excluding carboxylic acids is 4. The third kappa shape index (κ3) is 16.1. The molecule has 4 aliphatic heterocycles. The van der Waals surface area contributed by atoms with Crippen LogP contribution >= 0.6 is 46.4 Å². The quantitative estimate of drug-likeness (QED) is 0.0448. The van der Waals surface area contributed by atoms with Crippen molar-refractivity contribution in [2.75, 3.05) is 79.5 Å². The number of carbonyl (C=O) groups is 4.